The first kappa shape index (κ1) is 92.9. The molecule has 0 aliphatic heterocycles. The summed E-state index contributed by atoms with van der Waals surface area (Å²) < 4.78 is 27.3. The maximum atomic E-state index is 8.98. The van der Waals surface area contributed by atoms with Gasteiger partial charge in [0.2, 0.25) is 0 Å². The third-order valence-electron chi connectivity index (χ3n) is 16.5. The predicted octanol–water partition coefficient (Wildman–Crippen LogP) is 21.6. The molecule has 0 amide bonds. The van der Waals surface area contributed by atoms with Crippen LogP contribution >= 0.6 is 0 Å². The molecular formula is C91H120N10O5. The summed E-state index contributed by atoms with van der Waals surface area (Å²) >= 11 is 0. The van der Waals surface area contributed by atoms with Crippen molar-refractivity contribution < 1.29 is 23.7 Å². The number of terminal acetylenes is 2. The minimum absolute atomic E-state index is 0.430. The average molecular weight is 1430 g/mol. The zero-order valence-electron chi connectivity index (χ0n) is 66.8. The molecule has 15 heteroatoms. The van der Waals surface area contributed by atoms with E-state index in [2.05, 4.69) is 159 Å². The van der Waals surface area contributed by atoms with Crippen molar-refractivity contribution >= 4 is 58.8 Å². The number of nitrogens with zero attached hydrogens (tertiary/aromatic N) is 10. The molecule has 5 aromatic rings. The second kappa shape index (κ2) is 56.3. The molecule has 0 heterocycles. The second-order valence-corrected chi connectivity index (χ2v) is 25.2. The van der Waals surface area contributed by atoms with Gasteiger partial charge in [-0.2, -0.15) is 26.3 Å². The number of ether oxygens (including phenoxy) is 5. The summed E-state index contributed by atoms with van der Waals surface area (Å²) in [7, 11) is 8.26. The fourth-order valence-corrected chi connectivity index (χ4v) is 10.9. The first-order valence-electron chi connectivity index (χ1n) is 36.9. The van der Waals surface area contributed by atoms with Gasteiger partial charge in [0.15, 0.2) is 0 Å². The van der Waals surface area contributed by atoms with Gasteiger partial charge in [-0.15, -0.1) is 26.0 Å². The number of methoxy groups -OCH3 is 5. The predicted molar refractivity (Wildman–Crippen MR) is 450 cm³/mol. The lowest BCUT2D eigenvalue weighted by molar-refractivity contribution is 0.413. The molecule has 15 nitrogen and oxygen atoms in total. The summed E-state index contributed by atoms with van der Waals surface area (Å²) in [5, 5.41) is 44.5. The molecule has 0 N–H and O–H groups in total. The zero-order chi connectivity index (χ0) is 79.0. The molecule has 106 heavy (non-hydrogen) atoms. The van der Waals surface area contributed by atoms with Crippen LogP contribution in [-0.2, 0) is 0 Å². The molecular weight excluding hydrogens is 1310 g/mol. The molecule has 0 unspecified atom stereocenters. The number of rotatable bonds is 39. The SMILES string of the molecule is C#CCN(CC#C)c1ccc(/C=C(/C)C#N)c(OC)c1.C=CCN(CC=C)c1ccc(/C=C(/C)C#N)c(OC)c1.CCCCCN(CCCCC)c1ccc(/C=C(/C)C#N)c(OC)c1.CCCCN(CCCC)c1ccc(/C=C(/C)C#N)c(OC)c1.CCCN(CCC)c1ccc(/C=C(/C)C#N)c(OC)c1. The van der Waals surface area contributed by atoms with Crippen molar-refractivity contribution in [1.29, 1.82) is 26.3 Å². The Balaban J connectivity index is 0.000000664. The van der Waals surface area contributed by atoms with Crippen LogP contribution in [0.2, 0.25) is 0 Å². The van der Waals surface area contributed by atoms with Gasteiger partial charge in [-0.05, 0) is 164 Å². The Morgan fingerprint density at radius 1 is 0.330 bits per heavy atom. The van der Waals surface area contributed by atoms with Crippen molar-refractivity contribution in [2.45, 2.75) is 153 Å². The van der Waals surface area contributed by atoms with Crippen molar-refractivity contribution in [3.8, 4) is 83.8 Å². The molecule has 0 aliphatic rings. The third kappa shape index (κ3) is 34.9. The summed E-state index contributed by atoms with van der Waals surface area (Å²) in [6.45, 7) is 38.5. The van der Waals surface area contributed by atoms with Crippen LogP contribution in [0.4, 0.5) is 28.4 Å². The van der Waals surface area contributed by atoms with Crippen molar-refractivity contribution in [3.05, 3.63) is 172 Å². The van der Waals surface area contributed by atoms with Crippen molar-refractivity contribution in [2.75, 3.05) is 125 Å². The molecule has 5 aromatic carbocycles. The Kier molecular flexibility index (Phi) is 49.3. The number of allylic oxidation sites excluding steroid dienone is 5. The molecule has 0 spiro atoms. The number of benzene rings is 5. The van der Waals surface area contributed by atoms with Gasteiger partial charge in [0, 0.05) is 167 Å². The monoisotopic (exact) mass is 1430 g/mol. The van der Waals surface area contributed by atoms with Gasteiger partial charge in [-0.3, -0.25) is 0 Å². The van der Waals surface area contributed by atoms with E-state index in [-0.39, 0.29) is 0 Å². The fourth-order valence-electron chi connectivity index (χ4n) is 10.9. The average Bonchev–Trinajstić information content (AvgIpc) is 0.871. The number of unbranched alkanes of at least 4 members (excludes halogenated alkanes) is 6. The van der Waals surface area contributed by atoms with E-state index in [9.17, 15) is 0 Å². The molecule has 0 aliphatic carbocycles. The first-order valence-corrected chi connectivity index (χ1v) is 36.9. The summed E-state index contributed by atoms with van der Waals surface area (Å²) in [4.78, 5) is 11.3. The molecule has 0 fully saturated rings. The molecule has 0 aromatic heterocycles. The smallest absolute Gasteiger partial charge is 0.128 e. The fraction of sp³-hybridized carbons (Fsp3) is 0.418. The highest BCUT2D eigenvalue weighted by Crippen LogP contribution is 2.33. The number of anilines is 5. The lowest BCUT2D eigenvalue weighted by atomic mass is 10.1. The van der Waals surface area contributed by atoms with Crippen LogP contribution in [0.3, 0.4) is 0 Å². The summed E-state index contributed by atoms with van der Waals surface area (Å²) in [6.07, 6.45) is 38.1. The lowest BCUT2D eigenvalue weighted by Gasteiger charge is -2.26. The Morgan fingerprint density at radius 3 is 0.764 bits per heavy atom. The highest BCUT2D eigenvalue weighted by molar-refractivity contribution is 5.71. The van der Waals surface area contributed by atoms with Crippen LogP contribution in [0.25, 0.3) is 30.4 Å². The van der Waals surface area contributed by atoms with Gasteiger partial charge < -0.3 is 48.2 Å². The Labute approximate surface area is 639 Å². The van der Waals surface area contributed by atoms with Crippen molar-refractivity contribution in [2.24, 2.45) is 0 Å². The molecule has 0 atom stereocenters. The van der Waals surface area contributed by atoms with Gasteiger partial charge in [-0.1, -0.05) is 104 Å². The summed E-state index contributed by atoms with van der Waals surface area (Å²) in [5.74, 6) is 9.05. The van der Waals surface area contributed by atoms with Crippen LogP contribution in [0, 0.1) is 81.3 Å². The van der Waals surface area contributed by atoms with E-state index >= 15 is 0 Å². The maximum absolute atomic E-state index is 8.98. The topological polar surface area (TPSA) is 181 Å². The van der Waals surface area contributed by atoms with Gasteiger partial charge in [-0.25, -0.2) is 0 Å². The van der Waals surface area contributed by atoms with Crippen LogP contribution in [0.1, 0.15) is 181 Å². The highest BCUT2D eigenvalue weighted by atomic mass is 16.5. The number of hydrogen-bond acceptors (Lipinski definition) is 15. The molecule has 0 saturated heterocycles. The molecule has 564 valence electrons. The molecule has 5 rings (SSSR count). The zero-order valence-corrected chi connectivity index (χ0v) is 66.8. The largest absolute Gasteiger partial charge is 0.496 e. The number of nitriles is 5. The van der Waals surface area contributed by atoms with Gasteiger partial charge in [0.25, 0.3) is 0 Å². The van der Waals surface area contributed by atoms with E-state index < -0.39 is 0 Å². The van der Waals surface area contributed by atoms with Gasteiger partial charge in [0.1, 0.15) is 28.7 Å². The van der Waals surface area contributed by atoms with E-state index in [1.807, 2.05) is 104 Å². The first-order chi connectivity index (χ1) is 51.3. The van der Waals surface area contributed by atoms with E-state index in [4.69, 9.17) is 62.8 Å². The normalized spacial score (nSPS) is 10.8. The second-order valence-electron chi connectivity index (χ2n) is 25.2. The Morgan fingerprint density at radius 2 is 0.557 bits per heavy atom. The van der Waals surface area contributed by atoms with Crippen molar-refractivity contribution in [3.63, 3.8) is 0 Å². The van der Waals surface area contributed by atoms with Gasteiger partial charge >= 0.3 is 0 Å². The summed E-state index contributed by atoms with van der Waals surface area (Å²) in [5.41, 5.74) is 13.4. The number of hydrogen-bond donors (Lipinski definition) is 0. The lowest BCUT2D eigenvalue weighted by Crippen LogP contribution is -2.25. The summed E-state index contributed by atoms with van der Waals surface area (Å²) in [6, 6.07) is 41.0. The van der Waals surface area contributed by atoms with Crippen LogP contribution in [0.5, 0.6) is 28.7 Å². The van der Waals surface area contributed by atoms with E-state index in [0.717, 1.165) is 127 Å². The Bertz CT molecular complexity index is 3890. The van der Waals surface area contributed by atoms with Gasteiger partial charge in [0.05, 0.1) is 79.0 Å². The molecule has 0 saturated carbocycles. The van der Waals surface area contributed by atoms with Crippen LogP contribution in [-0.4, -0.2) is 101 Å². The van der Waals surface area contributed by atoms with E-state index in [1.54, 1.807) is 62.4 Å². The minimum Gasteiger partial charge on any atom is -0.496 e. The van der Waals surface area contributed by atoms with E-state index in [0.29, 0.717) is 46.7 Å². The highest BCUT2D eigenvalue weighted by Gasteiger charge is 2.15. The van der Waals surface area contributed by atoms with Crippen molar-refractivity contribution in [1.82, 2.24) is 0 Å². The molecule has 0 bridgehead atoms. The maximum Gasteiger partial charge on any atom is 0.128 e. The third-order valence-corrected chi connectivity index (χ3v) is 16.5. The Hall–Kier alpha value is -11.2. The van der Waals surface area contributed by atoms with Crippen LogP contribution in [0.15, 0.2) is 144 Å². The quantitative estimate of drug-likeness (QED) is 0.0157. The standard InChI is InChI=1S/C21H32N2O.C19H28N2O.C17H24N2O.C17H20N2O.C17H16N2O/c1-5-7-9-13-23(14-10-8-6-2)20-12-11-19(15-18(3)17-22)21(16-20)24-4;1-5-7-11-21(12-8-6-2)18-10-9-17(13-16(3)15-20)19(14-18)22-4;3*1-5-9-19(10-6-2)16-8-7-15(11-14(3)13-18)17(12-16)20-4/h11-12,15-16H,5-10,13-14H2,1-4H3;9-10,13-14H,5-8,11-12H2,1-4H3;7-8,11-12H,5-6,9-10H2,1-4H3;5-8,11-12H,1-2,9-10H2,3-4H3;1-2,7-8,11-12H,9-10H2,3-4H3/b18-15-;16-13-;3*14-11-. The van der Waals surface area contributed by atoms with Crippen LogP contribution < -0.4 is 48.2 Å². The minimum atomic E-state index is 0.430. The molecule has 0 radical (unpaired) electrons. The van der Waals surface area contributed by atoms with E-state index in [1.165, 1.54) is 81.3 Å².